The fraction of sp³-hybridized carbons (Fsp3) is 0.565. The van der Waals surface area contributed by atoms with Crippen LogP contribution in [0.25, 0.3) is 0 Å². The number of β-amino-alcohol motifs (C(OH)–C–C–N with tert-alkyl or cyclic N) is 1. The van der Waals surface area contributed by atoms with Crippen LogP contribution in [0.4, 0.5) is 14.9 Å². The predicted octanol–water partition coefficient (Wildman–Crippen LogP) is 1.21. The number of carbonyl (C=O) groups excluding carboxylic acids is 1. The highest BCUT2D eigenvalue weighted by molar-refractivity contribution is 5.74. The van der Waals surface area contributed by atoms with Gasteiger partial charge in [0.15, 0.2) is 11.6 Å². The van der Waals surface area contributed by atoms with Gasteiger partial charge in [-0.15, -0.1) is 0 Å². The number of para-hydroxylation sites is 1. The molecule has 3 heterocycles. The van der Waals surface area contributed by atoms with Crippen molar-refractivity contribution in [2.75, 3.05) is 57.8 Å². The third-order valence-corrected chi connectivity index (χ3v) is 6.36. The van der Waals surface area contributed by atoms with Gasteiger partial charge in [0.05, 0.1) is 31.1 Å². The van der Waals surface area contributed by atoms with E-state index in [4.69, 9.17) is 4.74 Å². The first kappa shape index (κ1) is 23.3. The summed E-state index contributed by atoms with van der Waals surface area (Å²) < 4.78 is 21.0. The number of aryl methyl sites for hydroxylation is 1. The Bertz CT molecular complexity index is 960. The van der Waals surface area contributed by atoms with Crippen LogP contribution < -0.4 is 15.0 Å². The van der Waals surface area contributed by atoms with Gasteiger partial charge in [-0.25, -0.2) is 9.18 Å². The van der Waals surface area contributed by atoms with Crippen LogP contribution in [-0.2, 0) is 20.0 Å². The number of urea groups is 1. The number of hydrogen-bond acceptors (Lipinski definition) is 6. The summed E-state index contributed by atoms with van der Waals surface area (Å²) in [6.07, 6.45) is 2.79. The van der Waals surface area contributed by atoms with Gasteiger partial charge in [-0.2, -0.15) is 5.10 Å². The smallest absolute Gasteiger partial charge is 0.317 e. The number of benzene rings is 1. The number of nitrogens with one attached hydrogen (secondary N) is 1. The predicted molar refractivity (Wildman–Crippen MR) is 123 cm³/mol. The molecular formula is C23H33FN6O3. The lowest BCUT2D eigenvalue weighted by molar-refractivity contribution is 0.102. The van der Waals surface area contributed by atoms with Gasteiger partial charge in [0, 0.05) is 59.1 Å². The average molecular weight is 461 g/mol. The monoisotopic (exact) mass is 460 g/mol. The van der Waals surface area contributed by atoms with Crippen molar-refractivity contribution < 1.29 is 19.0 Å². The largest absolute Gasteiger partial charge is 0.492 e. The van der Waals surface area contributed by atoms with E-state index in [-0.39, 0.29) is 17.6 Å². The van der Waals surface area contributed by atoms with Crippen molar-refractivity contribution in [2.45, 2.75) is 25.5 Å². The Balaban J connectivity index is 1.16. The lowest BCUT2D eigenvalue weighted by Gasteiger charge is -2.37. The summed E-state index contributed by atoms with van der Waals surface area (Å²) in [5, 5.41) is 17.8. The van der Waals surface area contributed by atoms with Gasteiger partial charge < -0.3 is 25.0 Å². The third kappa shape index (κ3) is 5.56. The van der Waals surface area contributed by atoms with Gasteiger partial charge in [0.2, 0.25) is 0 Å². The fourth-order valence-electron chi connectivity index (χ4n) is 4.58. The van der Waals surface area contributed by atoms with Gasteiger partial charge >= 0.3 is 6.03 Å². The van der Waals surface area contributed by atoms with Gasteiger partial charge in [-0.1, -0.05) is 6.07 Å². The quantitative estimate of drug-likeness (QED) is 0.646. The number of piperazine rings is 1. The lowest BCUT2D eigenvalue weighted by atomic mass is 10.1. The zero-order valence-corrected chi connectivity index (χ0v) is 19.3. The van der Waals surface area contributed by atoms with Crippen molar-refractivity contribution in [3.8, 4) is 5.75 Å². The summed E-state index contributed by atoms with van der Waals surface area (Å²) in [6, 6.07) is 4.84. The summed E-state index contributed by atoms with van der Waals surface area (Å²) in [4.78, 5) is 18.5. The average Bonchev–Trinajstić information content (AvgIpc) is 3.18. The highest BCUT2D eigenvalue weighted by Gasteiger charge is 2.24. The van der Waals surface area contributed by atoms with Crippen LogP contribution in [0, 0.1) is 5.82 Å². The molecule has 33 heavy (non-hydrogen) atoms. The molecule has 2 aliphatic heterocycles. The third-order valence-electron chi connectivity index (χ3n) is 6.36. The van der Waals surface area contributed by atoms with Crippen LogP contribution in [0.2, 0.25) is 0 Å². The first-order valence-electron chi connectivity index (χ1n) is 11.5. The molecule has 0 saturated carbocycles. The molecule has 0 aliphatic carbocycles. The van der Waals surface area contributed by atoms with Crippen molar-refractivity contribution in [3.63, 3.8) is 0 Å². The van der Waals surface area contributed by atoms with Gasteiger partial charge in [-0.05, 0) is 30.5 Å². The summed E-state index contributed by atoms with van der Waals surface area (Å²) in [6.45, 7) is 5.16. The number of ether oxygens (including phenoxy) is 1. The second-order valence-corrected chi connectivity index (χ2v) is 8.70. The number of aliphatic hydroxyl groups excluding tert-OH is 1. The SMILES string of the molecule is COc1c(F)cccc1N1CCN(C[C@H](O)CCNC(=O)N2CCc3cn(C)nc3C2)CC1. The highest BCUT2D eigenvalue weighted by atomic mass is 19.1. The molecule has 0 radical (unpaired) electrons. The Kier molecular flexibility index (Phi) is 7.34. The molecule has 2 aromatic rings. The van der Waals surface area contributed by atoms with E-state index in [1.807, 2.05) is 19.3 Å². The number of nitrogens with zero attached hydrogens (tertiary/aromatic N) is 5. The number of anilines is 1. The molecule has 1 saturated heterocycles. The minimum Gasteiger partial charge on any atom is -0.492 e. The Morgan fingerprint density at radius 1 is 1.27 bits per heavy atom. The van der Waals surface area contributed by atoms with Crippen molar-refractivity contribution in [1.82, 2.24) is 24.9 Å². The molecule has 4 rings (SSSR count). The van der Waals surface area contributed by atoms with Gasteiger partial charge in [-0.3, -0.25) is 9.58 Å². The molecule has 0 bridgehead atoms. The van der Waals surface area contributed by atoms with Crippen molar-refractivity contribution in [1.29, 1.82) is 0 Å². The zero-order valence-electron chi connectivity index (χ0n) is 19.3. The van der Waals surface area contributed by atoms with E-state index < -0.39 is 6.10 Å². The number of amides is 2. The Labute approximate surface area is 193 Å². The first-order valence-corrected chi connectivity index (χ1v) is 11.5. The molecule has 10 heteroatoms. The van der Waals surface area contributed by atoms with E-state index in [1.54, 1.807) is 15.6 Å². The van der Waals surface area contributed by atoms with Crippen molar-refractivity contribution in [3.05, 3.63) is 41.5 Å². The number of halogens is 1. The van der Waals surface area contributed by atoms with E-state index in [1.165, 1.54) is 18.7 Å². The number of rotatable bonds is 7. The maximum absolute atomic E-state index is 14.0. The maximum Gasteiger partial charge on any atom is 0.317 e. The van der Waals surface area contributed by atoms with Crippen LogP contribution in [0.1, 0.15) is 17.7 Å². The van der Waals surface area contributed by atoms with Crippen molar-refractivity contribution in [2.24, 2.45) is 7.05 Å². The molecule has 1 aromatic carbocycles. The molecule has 0 spiro atoms. The van der Waals surface area contributed by atoms with Crippen LogP contribution in [0.3, 0.4) is 0 Å². The number of hydrogen-bond donors (Lipinski definition) is 2. The topological polar surface area (TPSA) is 86.1 Å². The Hall–Kier alpha value is -2.85. The molecular weight excluding hydrogens is 427 g/mol. The Morgan fingerprint density at radius 3 is 2.82 bits per heavy atom. The normalized spacial score (nSPS) is 17.6. The lowest BCUT2D eigenvalue weighted by Crippen LogP contribution is -2.49. The number of aromatic nitrogens is 2. The molecule has 1 atom stereocenters. The molecule has 1 aromatic heterocycles. The molecule has 0 unspecified atom stereocenters. The van der Waals surface area contributed by atoms with E-state index in [9.17, 15) is 14.3 Å². The maximum atomic E-state index is 14.0. The van der Waals surface area contributed by atoms with E-state index >= 15 is 0 Å². The summed E-state index contributed by atoms with van der Waals surface area (Å²) >= 11 is 0. The molecule has 2 N–H and O–H groups in total. The highest BCUT2D eigenvalue weighted by Crippen LogP contribution is 2.31. The minimum atomic E-state index is -0.524. The minimum absolute atomic E-state index is 0.115. The zero-order chi connectivity index (χ0) is 23.4. The first-order chi connectivity index (χ1) is 15.9. The second-order valence-electron chi connectivity index (χ2n) is 8.70. The van der Waals surface area contributed by atoms with Crippen LogP contribution in [0.15, 0.2) is 24.4 Å². The fourth-order valence-corrected chi connectivity index (χ4v) is 4.58. The van der Waals surface area contributed by atoms with E-state index in [2.05, 4.69) is 20.2 Å². The standard InChI is InChI=1S/C23H33FN6O3/c1-27-14-17-7-9-30(16-20(17)26-27)23(32)25-8-6-18(31)15-28-10-12-29(13-11-28)21-5-3-4-19(24)22(21)33-2/h3-5,14,18,31H,6-13,15-16H2,1-2H3,(H,25,32)/t18-/m1/s1. The van der Waals surface area contributed by atoms with Crippen molar-refractivity contribution >= 4 is 11.7 Å². The summed E-state index contributed by atoms with van der Waals surface area (Å²) in [5.74, 6) is -0.0883. The Morgan fingerprint density at radius 2 is 2.06 bits per heavy atom. The molecule has 2 aliphatic rings. The molecule has 9 nitrogen and oxygen atoms in total. The summed E-state index contributed by atoms with van der Waals surface area (Å²) in [7, 11) is 3.37. The van der Waals surface area contributed by atoms with E-state index in [0.29, 0.717) is 32.6 Å². The second kappa shape index (κ2) is 10.4. The summed E-state index contributed by atoms with van der Waals surface area (Å²) in [5.41, 5.74) is 2.91. The van der Waals surface area contributed by atoms with Crippen LogP contribution >= 0.6 is 0 Å². The number of carbonyl (C=O) groups is 1. The van der Waals surface area contributed by atoms with E-state index in [0.717, 1.165) is 44.0 Å². The molecule has 1 fully saturated rings. The van der Waals surface area contributed by atoms with Gasteiger partial charge in [0.1, 0.15) is 0 Å². The molecule has 180 valence electrons. The van der Waals surface area contributed by atoms with Crippen LogP contribution in [-0.4, -0.2) is 89.7 Å². The number of aliphatic hydroxyl groups is 1. The molecule has 2 amide bonds. The number of fused-ring (bicyclic) bond motifs is 1. The van der Waals surface area contributed by atoms with Gasteiger partial charge in [0.25, 0.3) is 0 Å². The van der Waals surface area contributed by atoms with Crippen LogP contribution in [0.5, 0.6) is 5.75 Å². The number of methoxy groups -OCH3 is 1.